The van der Waals surface area contributed by atoms with Crippen LogP contribution in [0.5, 0.6) is 5.75 Å². The average Bonchev–Trinajstić information content (AvgIpc) is 2.55. The van der Waals surface area contributed by atoms with E-state index in [1.807, 2.05) is 36.4 Å². The number of anilines is 1. The van der Waals surface area contributed by atoms with Crippen LogP contribution in [0.4, 0.5) is 5.69 Å². The van der Waals surface area contributed by atoms with E-state index in [1.165, 1.54) is 5.56 Å². The van der Waals surface area contributed by atoms with E-state index in [1.54, 1.807) is 0 Å². The Hall–Kier alpha value is -1.56. The van der Waals surface area contributed by atoms with Crippen molar-refractivity contribution in [2.45, 2.75) is 26.2 Å². The first-order valence-electron chi connectivity index (χ1n) is 7.37. The second-order valence-electron chi connectivity index (χ2n) is 5.20. The van der Waals surface area contributed by atoms with Gasteiger partial charge in [0, 0.05) is 3.57 Å². The van der Waals surface area contributed by atoms with Crippen molar-refractivity contribution in [1.29, 1.82) is 0 Å². The molecule has 0 heterocycles. The molecule has 0 radical (unpaired) electrons. The fourth-order valence-corrected chi connectivity index (χ4v) is 2.55. The number of carbonyl (C=O) groups is 1. The number of rotatable bonds is 6. The highest BCUT2D eigenvalue weighted by Gasteiger charge is 2.07. The minimum Gasteiger partial charge on any atom is -0.484 e. The summed E-state index contributed by atoms with van der Waals surface area (Å²) in [6.07, 6.45) is 1.11. The van der Waals surface area contributed by atoms with Gasteiger partial charge in [0.15, 0.2) is 6.61 Å². The molecule has 0 saturated carbocycles. The van der Waals surface area contributed by atoms with Gasteiger partial charge >= 0.3 is 0 Å². The molecule has 116 valence electrons. The lowest BCUT2D eigenvalue weighted by molar-refractivity contribution is -0.118. The van der Waals surface area contributed by atoms with Crippen molar-refractivity contribution >= 4 is 34.2 Å². The molecule has 2 rings (SSSR count). The summed E-state index contributed by atoms with van der Waals surface area (Å²) in [5, 5.41) is 2.85. The maximum absolute atomic E-state index is 11.9. The van der Waals surface area contributed by atoms with Gasteiger partial charge in [0.1, 0.15) is 5.75 Å². The van der Waals surface area contributed by atoms with Crippen molar-refractivity contribution in [3.8, 4) is 5.75 Å². The number of halogens is 1. The Bertz CT molecular complexity index is 625. The van der Waals surface area contributed by atoms with Crippen LogP contribution in [0.1, 0.15) is 31.7 Å². The SMILES string of the molecule is CC[C@H](C)c1ccc(OCC(=O)Nc2ccccc2I)cc1. The molecule has 0 fully saturated rings. The lowest BCUT2D eigenvalue weighted by Crippen LogP contribution is -2.20. The Kier molecular flexibility index (Phi) is 6.24. The van der Waals surface area contributed by atoms with Crippen LogP contribution in [0, 0.1) is 3.57 Å². The smallest absolute Gasteiger partial charge is 0.262 e. The lowest BCUT2D eigenvalue weighted by Gasteiger charge is -2.11. The van der Waals surface area contributed by atoms with Gasteiger partial charge in [-0.05, 0) is 64.8 Å². The van der Waals surface area contributed by atoms with E-state index in [9.17, 15) is 4.79 Å². The lowest BCUT2D eigenvalue weighted by atomic mass is 9.99. The Labute approximate surface area is 145 Å². The van der Waals surface area contributed by atoms with Crippen molar-refractivity contribution in [2.75, 3.05) is 11.9 Å². The highest BCUT2D eigenvalue weighted by atomic mass is 127. The maximum atomic E-state index is 11.9. The van der Waals surface area contributed by atoms with Crippen LogP contribution in [0.3, 0.4) is 0 Å². The van der Waals surface area contributed by atoms with E-state index in [2.05, 4.69) is 53.9 Å². The molecule has 1 atom stereocenters. The van der Waals surface area contributed by atoms with Crippen LogP contribution in [0.2, 0.25) is 0 Å². The van der Waals surface area contributed by atoms with Gasteiger partial charge in [0.25, 0.3) is 5.91 Å². The number of amides is 1. The molecule has 0 saturated heterocycles. The predicted octanol–water partition coefficient (Wildman–Crippen LogP) is 4.82. The Morgan fingerprint density at radius 1 is 1.18 bits per heavy atom. The Morgan fingerprint density at radius 3 is 2.50 bits per heavy atom. The van der Waals surface area contributed by atoms with E-state index < -0.39 is 0 Å². The summed E-state index contributed by atoms with van der Waals surface area (Å²) in [5.41, 5.74) is 2.10. The highest BCUT2D eigenvalue weighted by Crippen LogP contribution is 2.21. The summed E-state index contributed by atoms with van der Waals surface area (Å²) < 4.78 is 6.54. The highest BCUT2D eigenvalue weighted by molar-refractivity contribution is 14.1. The molecule has 4 heteroatoms. The predicted molar refractivity (Wildman–Crippen MR) is 98.4 cm³/mol. The van der Waals surface area contributed by atoms with E-state index in [-0.39, 0.29) is 12.5 Å². The molecule has 22 heavy (non-hydrogen) atoms. The first-order valence-corrected chi connectivity index (χ1v) is 8.45. The standard InChI is InChI=1S/C18H20INO2/c1-3-13(2)14-8-10-15(11-9-14)22-12-18(21)20-17-7-5-4-6-16(17)19/h4-11,13H,3,12H2,1-2H3,(H,20,21)/t13-/m0/s1. The number of hydrogen-bond donors (Lipinski definition) is 1. The zero-order valence-electron chi connectivity index (χ0n) is 12.8. The molecular weight excluding hydrogens is 389 g/mol. The third kappa shape index (κ3) is 4.73. The fraction of sp³-hybridized carbons (Fsp3) is 0.278. The first kappa shape index (κ1) is 16.8. The zero-order chi connectivity index (χ0) is 15.9. The van der Waals surface area contributed by atoms with Crippen LogP contribution in [-0.2, 0) is 4.79 Å². The third-order valence-corrected chi connectivity index (χ3v) is 4.52. The molecule has 2 aromatic carbocycles. The molecule has 0 aliphatic rings. The molecule has 0 aliphatic heterocycles. The number of carbonyl (C=O) groups excluding carboxylic acids is 1. The van der Waals surface area contributed by atoms with Crippen LogP contribution < -0.4 is 10.1 Å². The van der Waals surface area contributed by atoms with E-state index in [0.717, 1.165) is 15.7 Å². The van der Waals surface area contributed by atoms with Gasteiger partial charge in [0.05, 0.1) is 5.69 Å². The van der Waals surface area contributed by atoms with Gasteiger partial charge in [-0.3, -0.25) is 4.79 Å². The summed E-state index contributed by atoms with van der Waals surface area (Å²) in [6, 6.07) is 15.6. The van der Waals surface area contributed by atoms with E-state index in [4.69, 9.17) is 4.74 Å². The molecule has 0 unspecified atom stereocenters. The van der Waals surface area contributed by atoms with Crippen LogP contribution in [-0.4, -0.2) is 12.5 Å². The molecular formula is C18H20INO2. The summed E-state index contributed by atoms with van der Waals surface area (Å²) in [7, 11) is 0. The molecule has 0 aromatic heterocycles. The zero-order valence-corrected chi connectivity index (χ0v) is 15.0. The quantitative estimate of drug-likeness (QED) is 0.695. The van der Waals surface area contributed by atoms with Gasteiger partial charge in [-0.1, -0.05) is 38.1 Å². The molecule has 0 aliphatic carbocycles. The molecule has 1 N–H and O–H groups in total. The maximum Gasteiger partial charge on any atom is 0.262 e. The summed E-state index contributed by atoms with van der Waals surface area (Å²) in [5.74, 6) is 1.09. The largest absolute Gasteiger partial charge is 0.484 e. The number of nitrogens with one attached hydrogen (secondary N) is 1. The normalized spacial score (nSPS) is 11.8. The van der Waals surface area contributed by atoms with Crippen LogP contribution in [0.25, 0.3) is 0 Å². The minimum absolute atomic E-state index is 0.00759. The van der Waals surface area contributed by atoms with Crippen molar-refractivity contribution in [3.63, 3.8) is 0 Å². The second kappa shape index (κ2) is 8.17. The number of para-hydroxylation sites is 1. The topological polar surface area (TPSA) is 38.3 Å². The molecule has 2 aromatic rings. The summed E-state index contributed by atoms with van der Waals surface area (Å²) in [6.45, 7) is 4.38. The van der Waals surface area contributed by atoms with Crippen molar-refractivity contribution < 1.29 is 9.53 Å². The molecule has 0 bridgehead atoms. The van der Waals surface area contributed by atoms with E-state index in [0.29, 0.717) is 11.7 Å². The molecule has 0 spiro atoms. The van der Waals surface area contributed by atoms with Gasteiger partial charge in [-0.25, -0.2) is 0 Å². The number of ether oxygens (including phenoxy) is 1. The monoisotopic (exact) mass is 409 g/mol. The minimum atomic E-state index is -0.157. The van der Waals surface area contributed by atoms with Gasteiger partial charge in [0.2, 0.25) is 0 Å². The van der Waals surface area contributed by atoms with Crippen molar-refractivity contribution in [3.05, 3.63) is 57.7 Å². The third-order valence-electron chi connectivity index (χ3n) is 3.58. The van der Waals surface area contributed by atoms with Crippen molar-refractivity contribution in [2.24, 2.45) is 0 Å². The fourth-order valence-electron chi connectivity index (χ4n) is 2.03. The Morgan fingerprint density at radius 2 is 1.86 bits per heavy atom. The number of hydrogen-bond acceptors (Lipinski definition) is 2. The molecule has 3 nitrogen and oxygen atoms in total. The van der Waals surface area contributed by atoms with Crippen LogP contribution >= 0.6 is 22.6 Å². The molecule has 1 amide bonds. The summed E-state index contributed by atoms with van der Waals surface area (Å²) >= 11 is 2.19. The van der Waals surface area contributed by atoms with Gasteiger partial charge < -0.3 is 10.1 Å². The number of benzene rings is 2. The van der Waals surface area contributed by atoms with Gasteiger partial charge in [-0.15, -0.1) is 0 Å². The van der Waals surface area contributed by atoms with Gasteiger partial charge in [-0.2, -0.15) is 0 Å². The van der Waals surface area contributed by atoms with Crippen LogP contribution in [0.15, 0.2) is 48.5 Å². The van der Waals surface area contributed by atoms with E-state index >= 15 is 0 Å². The Balaban J connectivity index is 1.87. The average molecular weight is 409 g/mol. The second-order valence-corrected chi connectivity index (χ2v) is 6.36. The van der Waals surface area contributed by atoms with Crippen molar-refractivity contribution in [1.82, 2.24) is 0 Å². The first-order chi connectivity index (χ1) is 10.6. The summed E-state index contributed by atoms with van der Waals surface area (Å²) in [4.78, 5) is 11.9.